The molecule has 3 rings (SSSR count). The Morgan fingerprint density at radius 3 is 2.45 bits per heavy atom. The van der Waals surface area contributed by atoms with Crippen LogP contribution in [0, 0.1) is 0 Å². The van der Waals surface area contributed by atoms with Crippen LogP contribution in [0.15, 0.2) is 41.6 Å². The van der Waals surface area contributed by atoms with E-state index in [-0.39, 0.29) is 18.3 Å². The third-order valence-corrected chi connectivity index (χ3v) is 5.31. The molecule has 9 nitrogen and oxygen atoms in total. The number of aromatic nitrogens is 1. The standard InChI is InChI=1S/C21H21N3O6S/c1-28-15-10-14(11-16(29-2)18(15)30-3)19(25)23-7-8-24-20(26)17(31-21(24)27)9-13-5-4-6-22-12-13/h4-6,9-12H,7-8H2,1-3H3,(H,23,25). The molecule has 1 N–H and O–H groups in total. The van der Waals surface area contributed by atoms with Gasteiger partial charge in [0, 0.05) is 31.0 Å². The molecule has 2 heterocycles. The van der Waals surface area contributed by atoms with Crippen molar-refractivity contribution in [3.05, 3.63) is 52.7 Å². The van der Waals surface area contributed by atoms with Crippen molar-refractivity contribution in [2.75, 3.05) is 34.4 Å². The molecule has 0 saturated carbocycles. The molecule has 0 atom stereocenters. The van der Waals surface area contributed by atoms with Crippen LogP contribution in [-0.4, -0.2) is 61.4 Å². The van der Waals surface area contributed by atoms with Crippen molar-refractivity contribution < 1.29 is 28.6 Å². The van der Waals surface area contributed by atoms with Crippen molar-refractivity contribution >= 4 is 34.9 Å². The Kier molecular flexibility index (Phi) is 7.14. The number of nitrogens with zero attached hydrogens (tertiary/aromatic N) is 2. The second kappa shape index (κ2) is 9.98. The molecule has 3 amide bonds. The second-order valence-corrected chi connectivity index (χ2v) is 7.28. The first-order chi connectivity index (χ1) is 15.0. The summed E-state index contributed by atoms with van der Waals surface area (Å²) in [6.07, 6.45) is 4.84. The summed E-state index contributed by atoms with van der Waals surface area (Å²) in [5.41, 5.74) is 1.02. The van der Waals surface area contributed by atoms with E-state index >= 15 is 0 Å². The number of ether oxygens (including phenoxy) is 3. The van der Waals surface area contributed by atoms with E-state index in [2.05, 4.69) is 10.3 Å². The number of thioether (sulfide) groups is 1. The van der Waals surface area contributed by atoms with E-state index in [1.54, 1.807) is 30.6 Å². The van der Waals surface area contributed by atoms with Gasteiger partial charge in [-0.05, 0) is 41.6 Å². The molecule has 0 radical (unpaired) electrons. The van der Waals surface area contributed by atoms with Gasteiger partial charge in [-0.25, -0.2) is 0 Å². The molecule has 0 bridgehead atoms. The van der Waals surface area contributed by atoms with E-state index in [4.69, 9.17) is 14.2 Å². The monoisotopic (exact) mass is 443 g/mol. The maximum absolute atomic E-state index is 12.5. The molecule has 0 spiro atoms. The second-order valence-electron chi connectivity index (χ2n) is 6.29. The van der Waals surface area contributed by atoms with Gasteiger partial charge in [0.1, 0.15) is 0 Å². The first-order valence-electron chi connectivity index (χ1n) is 9.22. The minimum Gasteiger partial charge on any atom is -0.493 e. The van der Waals surface area contributed by atoms with Crippen LogP contribution >= 0.6 is 11.8 Å². The average molecular weight is 443 g/mol. The minimum atomic E-state index is -0.405. The number of hydrogen-bond acceptors (Lipinski definition) is 8. The number of hydrogen-bond donors (Lipinski definition) is 1. The van der Waals surface area contributed by atoms with Crippen LogP contribution in [0.25, 0.3) is 6.08 Å². The van der Waals surface area contributed by atoms with Crippen molar-refractivity contribution in [1.29, 1.82) is 0 Å². The van der Waals surface area contributed by atoms with Gasteiger partial charge in [0.05, 0.1) is 26.2 Å². The molecule has 0 unspecified atom stereocenters. The summed E-state index contributed by atoms with van der Waals surface area (Å²) in [4.78, 5) is 42.7. The number of imide groups is 1. The third kappa shape index (κ3) is 4.97. The van der Waals surface area contributed by atoms with Crippen molar-refractivity contribution in [2.24, 2.45) is 0 Å². The summed E-state index contributed by atoms with van der Waals surface area (Å²) in [6.45, 7) is 0.138. The van der Waals surface area contributed by atoms with Gasteiger partial charge in [0.25, 0.3) is 17.1 Å². The molecule has 2 aromatic rings. The number of amides is 3. The van der Waals surface area contributed by atoms with Crippen molar-refractivity contribution in [1.82, 2.24) is 15.2 Å². The Balaban J connectivity index is 1.64. The van der Waals surface area contributed by atoms with Gasteiger partial charge >= 0.3 is 0 Å². The lowest BCUT2D eigenvalue weighted by Crippen LogP contribution is -2.37. The van der Waals surface area contributed by atoms with E-state index < -0.39 is 11.8 Å². The van der Waals surface area contributed by atoms with Crippen molar-refractivity contribution in [3.8, 4) is 17.2 Å². The van der Waals surface area contributed by atoms with Gasteiger partial charge < -0.3 is 19.5 Å². The van der Waals surface area contributed by atoms with Gasteiger partial charge in [-0.15, -0.1) is 0 Å². The Morgan fingerprint density at radius 1 is 1.16 bits per heavy atom. The number of pyridine rings is 1. The van der Waals surface area contributed by atoms with Crippen LogP contribution in [-0.2, 0) is 4.79 Å². The molecule has 31 heavy (non-hydrogen) atoms. The van der Waals surface area contributed by atoms with E-state index in [9.17, 15) is 14.4 Å². The molecular formula is C21H21N3O6S. The zero-order valence-electron chi connectivity index (χ0n) is 17.2. The number of nitrogens with one attached hydrogen (secondary N) is 1. The largest absolute Gasteiger partial charge is 0.493 e. The fraction of sp³-hybridized carbons (Fsp3) is 0.238. The Labute approximate surface area is 183 Å². The lowest BCUT2D eigenvalue weighted by molar-refractivity contribution is -0.122. The zero-order chi connectivity index (χ0) is 22.4. The quantitative estimate of drug-likeness (QED) is 0.621. The molecule has 1 aliphatic heterocycles. The fourth-order valence-corrected chi connectivity index (χ4v) is 3.77. The summed E-state index contributed by atoms with van der Waals surface area (Å²) < 4.78 is 15.7. The highest BCUT2D eigenvalue weighted by molar-refractivity contribution is 8.18. The number of carbonyl (C=O) groups excluding carboxylic acids is 3. The fourth-order valence-electron chi connectivity index (χ4n) is 2.90. The van der Waals surface area contributed by atoms with Crippen LogP contribution in [0.3, 0.4) is 0 Å². The van der Waals surface area contributed by atoms with Gasteiger partial charge in [-0.3, -0.25) is 24.3 Å². The number of methoxy groups -OCH3 is 3. The zero-order valence-corrected chi connectivity index (χ0v) is 18.0. The first kappa shape index (κ1) is 22.2. The van der Waals surface area contributed by atoms with Crippen LogP contribution in [0.5, 0.6) is 17.2 Å². The number of benzene rings is 1. The maximum Gasteiger partial charge on any atom is 0.293 e. The lowest BCUT2D eigenvalue weighted by atomic mass is 10.1. The molecule has 1 saturated heterocycles. The maximum atomic E-state index is 12.5. The molecule has 0 aliphatic carbocycles. The van der Waals surface area contributed by atoms with Gasteiger partial charge in [0.15, 0.2) is 11.5 Å². The minimum absolute atomic E-state index is 0.0468. The smallest absolute Gasteiger partial charge is 0.293 e. The van der Waals surface area contributed by atoms with E-state index in [1.165, 1.54) is 33.5 Å². The highest BCUT2D eigenvalue weighted by Gasteiger charge is 2.34. The molecule has 1 aliphatic rings. The van der Waals surface area contributed by atoms with Crippen molar-refractivity contribution in [3.63, 3.8) is 0 Å². The van der Waals surface area contributed by atoms with Gasteiger partial charge in [-0.2, -0.15) is 0 Å². The summed E-state index contributed by atoms with van der Waals surface area (Å²) in [5, 5.41) is 2.31. The molecular weight excluding hydrogens is 422 g/mol. The van der Waals surface area contributed by atoms with Crippen LogP contribution < -0.4 is 19.5 Å². The SMILES string of the molecule is COc1cc(C(=O)NCCN2C(=O)SC(=Cc3cccnc3)C2=O)cc(OC)c1OC. The third-order valence-electron chi connectivity index (χ3n) is 4.40. The summed E-state index contributed by atoms with van der Waals surface area (Å²) in [6, 6.07) is 6.58. The Hall–Kier alpha value is -3.53. The summed E-state index contributed by atoms with van der Waals surface area (Å²) in [7, 11) is 4.38. The van der Waals surface area contributed by atoms with E-state index in [0.29, 0.717) is 27.7 Å². The van der Waals surface area contributed by atoms with Crippen LogP contribution in [0.4, 0.5) is 4.79 Å². The van der Waals surface area contributed by atoms with Crippen LogP contribution in [0.1, 0.15) is 15.9 Å². The van der Waals surface area contributed by atoms with E-state index in [1.807, 2.05) is 0 Å². The number of rotatable bonds is 8. The highest BCUT2D eigenvalue weighted by Crippen LogP contribution is 2.38. The lowest BCUT2D eigenvalue weighted by Gasteiger charge is -2.15. The summed E-state index contributed by atoms with van der Waals surface area (Å²) >= 11 is 0.857. The van der Waals surface area contributed by atoms with E-state index in [0.717, 1.165) is 22.2 Å². The highest BCUT2D eigenvalue weighted by atomic mass is 32.2. The summed E-state index contributed by atoms with van der Waals surface area (Å²) in [5.74, 6) is 0.259. The topological polar surface area (TPSA) is 107 Å². The molecule has 1 aromatic carbocycles. The van der Waals surface area contributed by atoms with Gasteiger partial charge in [-0.1, -0.05) is 6.07 Å². The molecule has 1 fully saturated rings. The molecule has 1 aromatic heterocycles. The normalized spacial score (nSPS) is 14.7. The van der Waals surface area contributed by atoms with Gasteiger partial charge in [0.2, 0.25) is 5.75 Å². The van der Waals surface area contributed by atoms with Crippen LogP contribution in [0.2, 0.25) is 0 Å². The van der Waals surface area contributed by atoms with Crippen molar-refractivity contribution in [2.45, 2.75) is 0 Å². The Bertz CT molecular complexity index is 1000. The molecule has 162 valence electrons. The number of carbonyl (C=O) groups is 3. The Morgan fingerprint density at radius 2 is 1.87 bits per heavy atom. The molecule has 10 heteroatoms. The predicted octanol–water partition coefficient (Wildman–Crippen LogP) is 2.57. The first-order valence-corrected chi connectivity index (χ1v) is 10.0. The average Bonchev–Trinajstić information content (AvgIpc) is 3.05. The predicted molar refractivity (Wildman–Crippen MR) is 115 cm³/mol.